The van der Waals surface area contributed by atoms with Gasteiger partial charge in [0, 0.05) is 12.1 Å². The molecule has 0 saturated heterocycles. The van der Waals surface area contributed by atoms with Crippen LogP contribution in [0.15, 0.2) is 0 Å². The van der Waals surface area contributed by atoms with E-state index < -0.39 is 0 Å². The topological polar surface area (TPSA) is 12.0 Å². The molecule has 94 valence electrons. The minimum Gasteiger partial charge on any atom is -0.311 e. The van der Waals surface area contributed by atoms with Gasteiger partial charge in [-0.1, -0.05) is 33.6 Å². The van der Waals surface area contributed by atoms with Crippen LogP contribution < -0.4 is 5.32 Å². The Balaban J connectivity index is 1.85. The average Bonchev–Trinajstić information content (AvgIpc) is 2.74. The van der Waals surface area contributed by atoms with Crippen molar-refractivity contribution in [1.29, 1.82) is 0 Å². The van der Waals surface area contributed by atoms with Gasteiger partial charge in [-0.25, -0.2) is 0 Å². The Labute approximate surface area is 101 Å². The van der Waals surface area contributed by atoms with E-state index in [-0.39, 0.29) is 0 Å². The van der Waals surface area contributed by atoms with Gasteiger partial charge in [-0.2, -0.15) is 0 Å². The predicted octanol–water partition coefficient (Wildman–Crippen LogP) is 3.98. The first-order valence-corrected chi connectivity index (χ1v) is 7.24. The standard InChI is InChI=1S/C15H29N/c1-11-9-15(3,4)10-14(11)16-12(2)13-7-5-6-8-13/h11-14,16H,5-10H2,1-4H3. The van der Waals surface area contributed by atoms with Crippen molar-refractivity contribution in [1.82, 2.24) is 5.32 Å². The first-order chi connectivity index (χ1) is 7.48. The third-order valence-electron chi connectivity index (χ3n) is 4.92. The van der Waals surface area contributed by atoms with Crippen molar-refractivity contribution in [2.75, 3.05) is 0 Å². The zero-order chi connectivity index (χ0) is 11.8. The molecule has 3 unspecified atom stereocenters. The van der Waals surface area contributed by atoms with Crippen molar-refractivity contribution >= 4 is 0 Å². The van der Waals surface area contributed by atoms with Crippen LogP contribution in [0.1, 0.15) is 66.2 Å². The fourth-order valence-corrected chi connectivity index (χ4v) is 4.05. The van der Waals surface area contributed by atoms with Crippen LogP contribution in [0.5, 0.6) is 0 Å². The van der Waals surface area contributed by atoms with E-state index in [0.717, 1.165) is 23.9 Å². The van der Waals surface area contributed by atoms with Crippen molar-refractivity contribution in [3.8, 4) is 0 Å². The number of nitrogens with one attached hydrogen (secondary N) is 1. The average molecular weight is 223 g/mol. The van der Waals surface area contributed by atoms with Crippen molar-refractivity contribution in [3.05, 3.63) is 0 Å². The molecule has 0 aromatic heterocycles. The lowest BCUT2D eigenvalue weighted by atomic mass is 9.91. The van der Waals surface area contributed by atoms with Gasteiger partial charge in [0.2, 0.25) is 0 Å². The second-order valence-corrected chi connectivity index (χ2v) is 7.16. The third-order valence-corrected chi connectivity index (χ3v) is 4.92. The van der Waals surface area contributed by atoms with Crippen LogP contribution in [0, 0.1) is 17.3 Å². The highest BCUT2D eigenvalue weighted by molar-refractivity contribution is 4.93. The number of hydrogen-bond donors (Lipinski definition) is 1. The van der Waals surface area contributed by atoms with Gasteiger partial charge in [0.25, 0.3) is 0 Å². The summed E-state index contributed by atoms with van der Waals surface area (Å²) in [6.45, 7) is 9.68. The molecule has 16 heavy (non-hydrogen) atoms. The smallest absolute Gasteiger partial charge is 0.0101 e. The van der Waals surface area contributed by atoms with E-state index in [2.05, 4.69) is 33.0 Å². The first-order valence-electron chi connectivity index (χ1n) is 7.24. The molecule has 0 aliphatic heterocycles. The van der Waals surface area contributed by atoms with E-state index in [4.69, 9.17) is 0 Å². The molecule has 0 bridgehead atoms. The molecule has 0 aromatic carbocycles. The van der Waals surface area contributed by atoms with E-state index in [1.807, 2.05) is 0 Å². The van der Waals surface area contributed by atoms with Crippen molar-refractivity contribution < 1.29 is 0 Å². The number of hydrogen-bond acceptors (Lipinski definition) is 1. The number of rotatable bonds is 3. The molecule has 2 saturated carbocycles. The highest BCUT2D eigenvalue weighted by Crippen LogP contribution is 2.41. The predicted molar refractivity (Wildman–Crippen MR) is 70.5 cm³/mol. The zero-order valence-electron chi connectivity index (χ0n) is 11.6. The van der Waals surface area contributed by atoms with Crippen LogP contribution in [0.2, 0.25) is 0 Å². The van der Waals surface area contributed by atoms with Gasteiger partial charge in [-0.05, 0) is 49.9 Å². The normalized spacial score (nSPS) is 36.8. The van der Waals surface area contributed by atoms with E-state index >= 15 is 0 Å². The lowest BCUT2D eigenvalue weighted by Crippen LogP contribution is -2.41. The monoisotopic (exact) mass is 223 g/mol. The summed E-state index contributed by atoms with van der Waals surface area (Å²) >= 11 is 0. The summed E-state index contributed by atoms with van der Waals surface area (Å²) in [7, 11) is 0. The summed E-state index contributed by atoms with van der Waals surface area (Å²) in [5, 5.41) is 3.93. The Morgan fingerprint density at radius 2 is 1.75 bits per heavy atom. The van der Waals surface area contributed by atoms with Crippen LogP contribution in [0.25, 0.3) is 0 Å². The maximum Gasteiger partial charge on any atom is 0.0101 e. The summed E-state index contributed by atoms with van der Waals surface area (Å²) in [6, 6.07) is 1.51. The molecule has 0 amide bonds. The van der Waals surface area contributed by atoms with Gasteiger partial charge in [-0.3, -0.25) is 0 Å². The lowest BCUT2D eigenvalue weighted by Gasteiger charge is -2.27. The SMILES string of the molecule is CC1CC(C)(C)CC1NC(C)C1CCCC1. The fourth-order valence-electron chi connectivity index (χ4n) is 4.05. The van der Waals surface area contributed by atoms with E-state index in [0.29, 0.717) is 5.41 Å². The third kappa shape index (κ3) is 2.80. The summed E-state index contributed by atoms with van der Waals surface area (Å²) in [6.07, 6.45) is 8.59. The highest BCUT2D eigenvalue weighted by Gasteiger charge is 2.37. The Kier molecular flexibility index (Phi) is 3.63. The second kappa shape index (κ2) is 4.68. The zero-order valence-corrected chi connectivity index (χ0v) is 11.6. The molecule has 0 aromatic rings. The molecule has 2 fully saturated rings. The van der Waals surface area contributed by atoms with E-state index in [1.54, 1.807) is 0 Å². The molecule has 0 spiro atoms. The Morgan fingerprint density at radius 1 is 1.12 bits per heavy atom. The molecular weight excluding hydrogens is 194 g/mol. The van der Waals surface area contributed by atoms with Gasteiger partial charge in [0.05, 0.1) is 0 Å². The van der Waals surface area contributed by atoms with Gasteiger partial charge >= 0.3 is 0 Å². The van der Waals surface area contributed by atoms with Crippen LogP contribution >= 0.6 is 0 Å². The molecular formula is C15H29N. The maximum atomic E-state index is 3.93. The Hall–Kier alpha value is -0.0400. The molecule has 2 aliphatic carbocycles. The van der Waals surface area contributed by atoms with Crippen molar-refractivity contribution in [2.24, 2.45) is 17.3 Å². The lowest BCUT2D eigenvalue weighted by molar-refractivity contribution is 0.305. The Morgan fingerprint density at radius 3 is 2.25 bits per heavy atom. The maximum absolute atomic E-state index is 3.93. The largest absolute Gasteiger partial charge is 0.311 e. The fraction of sp³-hybridized carbons (Fsp3) is 1.00. The Bertz CT molecular complexity index is 228. The summed E-state index contributed by atoms with van der Waals surface area (Å²) < 4.78 is 0. The molecule has 1 N–H and O–H groups in total. The molecule has 3 atom stereocenters. The van der Waals surface area contributed by atoms with E-state index in [1.165, 1.54) is 38.5 Å². The van der Waals surface area contributed by atoms with Crippen LogP contribution in [-0.2, 0) is 0 Å². The van der Waals surface area contributed by atoms with Gasteiger partial charge < -0.3 is 5.32 Å². The van der Waals surface area contributed by atoms with Crippen LogP contribution in [0.4, 0.5) is 0 Å². The molecule has 2 aliphatic rings. The first kappa shape index (κ1) is 12.4. The quantitative estimate of drug-likeness (QED) is 0.763. The van der Waals surface area contributed by atoms with Gasteiger partial charge in [-0.15, -0.1) is 0 Å². The highest BCUT2D eigenvalue weighted by atomic mass is 15.0. The minimum atomic E-state index is 0.562. The second-order valence-electron chi connectivity index (χ2n) is 7.16. The summed E-state index contributed by atoms with van der Waals surface area (Å²) in [4.78, 5) is 0. The van der Waals surface area contributed by atoms with Crippen molar-refractivity contribution in [3.63, 3.8) is 0 Å². The van der Waals surface area contributed by atoms with E-state index in [9.17, 15) is 0 Å². The van der Waals surface area contributed by atoms with Crippen LogP contribution in [0.3, 0.4) is 0 Å². The minimum absolute atomic E-state index is 0.562. The molecule has 1 nitrogen and oxygen atoms in total. The summed E-state index contributed by atoms with van der Waals surface area (Å²) in [5.41, 5.74) is 0.562. The molecule has 2 rings (SSSR count). The van der Waals surface area contributed by atoms with Crippen LogP contribution in [-0.4, -0.2) is 12.1 Å². The van der Waals surface area contributed by atoms with Crippen molar-refractivity contribution in [2.45, 2.75) is 78.3 Å². The molecule has 0 heterocycles. The van der Waals surface area contributed by atoms with Gasteiger partial charge in [0.15, 0.2) is 0 Å². The van der Waals surface area contributed by atoms with Gasteiger partial charge in [0.1, 0.15) is 0 Å². The summed E-state index contributed by atoms with van der Waals surface area (Å²) in [5.74, 6) is 1.81. The molecule has 1 heteroatoms. The molecule has 0 radical (unpaired) electrons.